The van der Waals surface area contributed by atoms with Crippen LogP contribution in [-0.4, -0.2) is 26.3 Å². The Morgan fingerprint density at radius 1 is 1.19 bits per heavy atom. The number of hydrogen-bond acceptors (Lipinski definition) is 5. The summed E-state index contributed by atoms with van der Waals surface area (Å²) in [7, 11) is 3.24. The number of thiophene rings is 1. The molecule has 0 spiro atoms. The van der Waals surface area contributed by atoms with Gasteiger partial charge in [-0.3, -0.25) is 4.79 Å². The number of carbonyl (C=O) groups is 1. The molecule has 5 nitrogen and oxygen atoms in total. The van der Waals surface area contributed by atoms with Crippen molar-refractivity contribution in [1.29, 1.82) is 0 Å². The molecule has 0 fully saturated rings. The van der Waals surface area contributed by atoms with Crippen LogP contribution in [0.25, 0.3) is 0 Å². The standard InChI is InChI=1S/C28H30ClIN2O3S/c1-28(2,3)17-6-11-20-23(14-17)36-27(24(20)26(33)32-19-9-7-18(29)8-10-19)31-15-16-12-21(30)25(35-5)22(13-16)34-4/h7-10,12-13,15,17H,6,11,14H2,1-5H3,(H,32,33)/t17-/m1/s1. The van der Waals surface area contributed by atoms with Crippen molar-refractivity contribution in [2.75, 3.05) is 19.5 Å². The molecule has 0 unspecified atom stereocenters. The van der Waals surface area contributed by atoms with Gasteiger partial charge in [0, 0.05) is 21.8 Å². The minimum atomic E-state index is -0.141. The van der Waals surface area contributed by atoms with E-state index in [9.17, 15) is 4.79 Å². The quantitative estimate of drug-likeness (QED) is 0.219. The highest BCUT2D eigenvalue weighted by Crippen LogP contribution is 2.45. The summed E-state index contributed by atoms with van der Waals surface area (Å²) < 4.78 is 11.9. The highest BCUT2D eigenvalue weighted by molar-refractivity contribution is 14.1. The van der Waals surface area contributed by atoms with Crippen LogP contribution in [0.3, 0.4) is 0 Å². The lowest BCUT2D eigenvalue weighted by atomic mass is 9.72. The van der Waals surface area contributed by atoms with E-state index in [1.54, 1.807) is 43.9 Å². The Labute approximate surface area is 235 Å². The molecule has 0 bridgehead atoms. The summed E-state index contributed by atoms with van der Waals surface area (Å²) in [6.45, 7) is 6.88. The smallest absolute Gasteiger partial charge is 0.259 e. The molecule has 3 aromatic rings. The maximum absolute atomic E-state index is 13.5. The number of nitrogens with one attached hydrogen (secondary N) is 1. The van der Waals surface area contributed by atoms with Crippen LogP contribution < -0.4 is 14.8 Å². The molecule has 190 valence electrons. The van der Waals surface area contributed by atoms with Crippen molar-refractivity contribution < 1.29 is 14.3 Å². The molecular weight excluding hydrogens is 607 g/mol. The van der Waals surface area contributed by atoms with Gasteiger partial charge < -0.3 is 14.8 Å². The highest BCUT2D eigenvalue weighted by atomic mass is 127. The summed E-state index contributed by atoms with van der Waals surface area (Å²) in [4.78, 5) is 19.6. The average molecular weight is 637 g/mol. The number of hydrogen-bond donors (Lipinski definition) is 1. The fraction of sp³-hybridized carbons (Fsp3) is 0.357. The molecule has 1 heterocycles. The molecule has 0 saturated carbocycles. The van der Waals surface area contributed by atoms with E-state index in [2.05, 4.69) is 48.7 Å². The first-order valence-corrected chi connectivity index (χ1v) is 14.0. The zero-order valence-corrected chi connectivity index (χ0v) is 24.8. The zero-order chi connectivity index (χ0) is 26.0. The van der Waals surface area contributed by atoms with Gasteiger partial charge in [-0.2, -0.15) is 0 Å². The molecule has 0 aliphatic heterocycles. The van der Waals surface area contributed by atoms with Gasteiger partial charge in [-0.15, -0.1) is 11.3 Å². The van der Waals surface area contributed by atoms with Gasteiger partial charge in [0.2, 0.25) is 0 Å². The Kier molecular flexibility index (Phi) is 8.32. The summed E-state index contributed by atoms with van der Waals surface area (Å²) in [6, 6.07) is 11.0. The van der Waals surface area contributed by atoms with E-state index in [0.717, 1.165) is 39.0 Å². The van der Waals surface area contributed by atoms with Gasteiger partial charge in [0.1, 0.15) is 5.00 Å². The van der Waals surface area contributed by atoms with Gasteiger partial charge in [0.25, 0.3) is 5.91 Å². The van der Waals surface area contributed by atoms with E-state index in [1.165, 1.54) is 4.88 Å². The third-order valence-electron chi connectivity index (χ3n) is 6.59. The summed E-state index contributed by atoms with van der Waals surface area (Å²) in [5.41, 5.74) is 3.59. The molecule has 2 aromatic carbocycles. The van der Waals surface area contributed by atoms with Gasteiger partial charge >= 0.3 is 0 Å². The first-order valence-electron chi connectivity index (χ1n) is 11.8. The first-order chi connectivity index (χ1) is 17.1. The molecule has 0 radical (unpaired) electrons. The van der Waals surface area contributed by atoms with Crippen LogP contribution in [-0.2, 0) is 12.8 Å². The van der Waals surface area contributed by atoms with Crippen molar-refractivity contribution in [2.45, 2.75) is 40.0 Å². The van der Waals surface area contributed by atoms with E-state index < -0.39 is 0 Å². The number of benzene rings is 2. The van der Waals surface area contributed by atoms with Crippen molar-refractivity contribution in [3.05, 3.63) is 66.6 Å². The minimum Gasteiger partial charge on any atom is -0.493 e. The molecule has 8 heteroatoms. The van der Waals surface area contributed by atoms with Crippen LogP contribution in [0.2, 0.25) is 5.02 Å². The van der Waals surface area contributed by atoms with Crippen molar-refractivity contribution >= 4 is 68.3 Å². The lowest BCUT2D eigenvalue weighted by Gasteiger charge is -2.33. The van der Waals surface area contributed by atoms with Crippen molar-refractivity contribution in [1.82, 2.24) is 0 Å². The van der Waals surface area contributed by atoms with E-state index in [0.29, 0.717) is 33.7 Å². The fourth-order valence-electron chi connectivity index (χ4n) is 4.51. The van der Waals surface area contributed by atoms with Crippen LogP contribution in [0.15, 0.2) is 41.4 Å². The molecular formula is C28H30ClIN2O3S. The lowest BCUT2D eigenvalue weighted by Crippen LogP contribution is -2.27. The summed E-state index contributed by atoms with van der Waals surface area (Å²) in [5.74, 6) is 1.77. The Hall–Kier alpha value is -2.10. The average Bonchev–Trinajstić information content (AvgIpc) is 3.21. The number of methoxy groups -OCH3 is 2. The molecule has 1 atom stereocenters. The highest BCUT2D eigenvalue weighted by Gasteiger charge is 2.33. The number of halogens is 2. The number of ether oxygens (including phenoxy) is 2. The second kappa shape index (κ2) is 11.1. The molecule has 1 amide bonds. The van der Waals surface area contributed by atoms with Gasteiger partial charge in [-0.1, -0.05) is 32.4 Å². The predicted molar refractivity (Wildman–Crippen MR) is 158 cm³/mol. The van der Waals surface area contributed by atoms with Crippen LogP contribution in [0, 0.1) is 14.9 Å². The molecule has 36 heavy (non-hydrogen) atoms. The molecule has 0 saturated heterocycles. The zero-order valence-electron chi connectivity index (χ0n) is 21.1. The number of carbonyl (C=O) groups excluding carboxylic acids is 1. The minimum absolute atomic E-state index is 0.141. The van der Waals surface area contributed by atoms with Gasteiger partial charge in [0.05, 0.1) is 23.4 Å². The van der Waals surface area contributed by atoms with Crippen molar-refractivity contribution in [3.8, 4) is 11.5 Å². The Morgan fingerprint density at radius 3 is 2.56 bits per heavy atom. The Balaban J connectivity index is 1.72. The largest absolute Gasteiger partial charge is 0.493 e. The monoisotopic (exact) mass is 636 g/mol. The normalized spacial score (nSPS) is 15.6. The fourth-order valence-corrected chi connectivity index (χ4v) is 6.75. The second-order valence-corrected chi connectivity index (χ2v) is 12.6. The van der Waals surface area contributed by atoms with Crippen LogP contribution >= 0.6 is 45.5 Å². The number of fused-ring (bicyclic) bond motifs is 1. The van der Waals surface area contributed by atoms with Crippen LogP contribution in [0.4, 0.5) is 10.7 Å². The van der Waals surface area contributed by atoms with Crippen molar-refractivity contribution in [2.24, 2.45) is 16.3 Å². The topological polar surface area (TPSA) is 59.9 Å². The van der Waals surface area contributed by atoms with E-state index in [1.807, 2.05) is 24.3 Å². The summed E-state index contributed by atoms with van der Waals surface area (Å²) >= 11 is 9.87. The van der Waals surface area contributed by atoms with E-state index in [-0.39, 0.29) is 11.3 Å². The number of rotatable bonds is 6. The number of aliphatic imine (C=N–C) groups is 1. The number of anilines is 1. The van der Waals surface area contributed by atoms with Gasteiger partial charge in [-0.25, -0.2) is 4.99 Å². The van der Waals surface area contributed by atoms with Crippen LogP contribution in [0.5, 0.6) is 11.5 Å². The Bertz CT molecular complexity index is 1300. The van der Waals surface area contributed by atoms with E-state index >= 15 is 0 Å². The summed E-state index contributed by atoms with van der Waals surface area (Å²) in [6.07, 6.45) is 4.70. The van der Waals surface area contributed by atoms with Gasteiger partial charge in [-0.05, 0) is 101 Å². The SMILES string of the molecule is COc1cc(C=Nc2sc3c(c2C(=O)Nc2ccc(Cl)cc2)CC[C@@H](C(C)(C)C)C3)cc(I)c1OC. The summed E-state index contributed by atoms with van der Waals surface area (Å²) in [5, 5.41) is 4.40. The second-order valence-electron chi connectivity index (χ2n) is 9.95. The van der Waals surface area contributed by atoms with Crippen LogP contribution in [0.1, 0.15) is 53.6 Å². The lowest BCUT2D eigenvalue weighted by molar-refractivity contribution is 0.102. The van der Waals surface area contributed by atoms with Gasteiger partial charge in [0.15, 0.2) is 11.5 Å². The molecule has 1 N–H and O–H groups in total. The molecule has 1 aromatic heterocycles. The third-order valence-corrected chi connectivity index (χ3v) is 8.80. The predicted octanol–water partition coefficient (Wildman–Crippen LogP) is 8.18. The number of nitrogens with zero attached hydrogens (tertiary/aromatic N) is 1. The first kappa shape index (κ1) is 26.9. The maximum atomic E-state index is 13.5. The van der Waals surface area contributed by atoms with E-state index in [4.69, 9.17) is 26.1 Å². The maximum Gasteiger partial charge on any atom is 0.259 e. The molecule has 1 aliphatic rings. The number of amides is 1. The third kappa shape index (κ3) is 5.89. The van der Waals surface area contributed by atoms with Crippen molar-refractivity contribution in [3.63, 3.8) is 0 Å². The molecule has 4 rings (SSSR count). The Morgan fingerprint density at radius 2 is 1.92 bits per heavy atom. The molecule has 1 aliphatic carbocycles.